The number of hydrogen-bond acceptors (Lipinski definition) is 3. The van der Waals surface area contributed by atoms with Gasteiger partial charge in [-0.05, 0) is 30.5 Å². The lowest BCUT2D eigenvalue weighted by Gasteiger charge is -2.30. The molecule has 96 valence electrons. The third kappa shape index (κ3) is 3.49. The molecule has 0 aliphatic heterocycles. The zero-order chi connectivity index (χ0) is 12.7. The third-order valence-corrected chi connectivity index (χ3v) is 3.05. The average molecular weight is 242 g/mol. The fraction of sp³-hybridized carbons (Fsp3) is 0.538. The van der Waals surface area contributed by atoms with Gasteiger partial charge < -0.3 is 14.9 Å². The van der Waals surface area contributed by atoms with Crippen molar-refractivity contribution in [1.82, 2.24) is 0 Å². The van der Waals surface area contributed by atoms with E-state index in [9.17, 15) is 14.6 Å². The molecule has 17 heavy (non-hydrogen) atoms. The van der Waals surface area contributed by atoms with Crippen LogP contribution < -0.4 is 0 Å². The van der Waals surface area contributed by atoms with Gasteiger partial charge in [-0.2, -0.15) is 0 Å². The monoisotopic (exact) mass is 242 g/mol. The molecule has 0 spiro atoms. The molecule has 1 rings (SSSR count). The van der Waals surface area contributed by atoms with Gasteiger partial charge in [-0.1, -0.05) is 12.1 Å². The Morgan fingerprint density at radius 1 is 1.29 bits per heavy atom. The summed E-state index contributed by atoms with van der Waals surface area (Å²) in [6, 6.07) is 6.01. The van der Waals surface area contributed by atoms with Crippen LogP contribution in [0.5, 0.6) is 0 Å². The first-order valence-corrected chi connectivity index (χ1v) is 5.65. The van der Waals surface area contributed by atoms with Gasteiger partial charge in [0.2, 0.25) is 0 Å². The molecule has 0 heterocycles. The third-order valence-electron chi connectivity index (χ3n) is 3.05. The van der Waals surface area contributed by atoms with E-state index in [1.165, 1.54) is 12.1 Å². The number of methoxy groups -OCH3 is 1. The van der Waals surface area contributed by atoms with E-state index in [0.29, 0.717) is 25.0 Å². The Balaban J connectivity index is 2.89. The average Bonchev–Trinajstić information content (AvgIpc) is 2.35. The van der Waals surface area contributed by atoms with Gasteiger partial charge in [0.25, 0.3) is 0 Å². The van der Waals surface area contributed by atoms with Crippen LogP contribution in [0.4, 0.5) is 4.39 Å². The summed E-state index contributed by atoms with van der Waals surface area (Å²) in [4.78, 5) is 0. The predicted molar refractivity (Wildman–Crippen MR) is 63.4 cm³/mol. The highest BCUT2D eigenvalue weighted by Crippen LogP contribution is 2.29. The second-order valence-electron chi connectivity index (χ2n) is 4.20. The normalized spacial score (nSPS) is 11.8. The van der Waals surface area contributed by atoms with Crippen LogP contribution in [-0.4, -0.2) is 37.1 Å². The molecule has 0 unspecified atom stereocenters. The first kappa shape index (κ1) is 14.1. The Labute approximate surface area is 101 Å². The van der Waals surface area contributed by atoms with Crippen LogP contribution in [-0.2, 0) is 10.2 Å². The first-order chi connectivity index (χ1) is 8.18. The van der Waals surface area contributed by atoms with E-state index >= 15 is 0 Å². The zero-order valence-corrected chi connectivity index (χ0v) is 10.0. The highest BCUT2D eigenvalue weighted by atomic mass is 19.1. The molecule has 0 amide bonds. The molecule has 4 heteroatoms. The van der Waals surface area contributed by atoms with E-state index in [1.54, 1.807) is 19.2 Å². The SMILES string of the molecule is COCCCC(CO)(CO)c1cccc(F)c1. The minimum absolute atomic E-state index is 0.212. The summed E-state index contributed by atoms with van der Waals surface area (Å²) in [7, 11) is 1.60. The Morgan fingerprint density at radius 3 is 2.53 bits per heavy atom. The molecule has 3 nitrogen and oxygen atoms in total. The Kier molecular flexibility index (Phi) is 5.55. The molecule has 1 aromatic carbocycles. The molecule has 0 saturated carbocycles. The fourth-order valence-corrected chi connectivity index (χ4v) is 1.91. The molecular weight excluding hydrogens is 223 g/mol. The van der Waals surface area contributed by atoms with Crippen LogP contribution in [0.3, 0.4) is 0 Å². The second-order valence-corrected chi connectivity index (χ2v) is 4.20. The lowest BCUT2D eigenvalue weighted by atomic mass is 9.78. The first-order valence-electron chi connectivity index (χ1n) is 5.65. The number of rotatable bonds is 7. The van der Waals surface area contributed by atoms with Crippen LogP contribution in [0.25, 0.3) is 0 Å². The highest BCUT2D eigenvalue weighted by molar-refractivity contribution is 5.26. The van der Waals surface area contributed by atoms with Crippen LogP contribution >= 0.6 is 0 Å². The number of ether oxygens (including phenoxy) is 1. The molecule has 0 fully saturated rings. The van der Waals surface area contributed by atoms with Crippen LogP contribution in [0.1, 0.15) is 18.4 Å². The maximum absolute atomic E-state index is 13.2. The van der Waals surface area contributed by atoms with Gasteiger partial charge in [0.05, 0.1) is 13.2 Å². The maximum atomic E-state index is 13.2. The van der Waals surface area contributed by atoms with Crippen LogP contribution in [0.15, 0.2) is 24.3 Å². The summed E-state index contributed by atoms with van der Waals surface area (Å²) in [5.74, 6) is -0.361. The molecule has 0 saturated heterocycles. The maximum Gasteiger partial charge on any atom is 0.123 e. The van der Waals surface area contributed by atoms with E-state index in [1.807, 2.05) is 0 Å². The van der Waals surface area contributed by atoms with Gasteiger partial charge >= 0.3 is 0 Å². The number of hydrogen-bond donors (Lipinski definition) is 2. The lowest BCUT2D eigenvalue weighted by molar-refractivity contribution is 0.0967. The van der Waals surface area contributed by atoms with E-state index in [0.717, 1.165) is 0 Å². The van der Waals surface area contributed by atoms with E-state index in [4.69, 9.17) is 4.74 Å². The summed E-state index contributed by atoms with van der Waals surface area (Å²) in [6.45, 7) is 0.129. The molecule has 0 aliphatic rings. The summed E-state index contributed by atoms with van der Waals surface area (Å²) in [6.07, 6.45) is 1.26. The minimum atomic E-state index is -0.791. The van der Waals surface area contributed by atoms with Crippen molar-refractivity contribution >= 4 is 0 Å². The second kappa shape index (κ2) is 6.69. The van der Waals surface area contributed by atoms with Crippen molar-refractivity contribution in [3.05, 3.63) is 35.6 Å². The molecule has 0 bridgehead atoms. The van der Waals surface area contributed by atoms with Crippen molar-refractivity contribution in [2.24, 2.45) is 0 Å². The smallest absolute Gasteiger partial charge is 0.123 e. The summed E-state index contributed by atoms with van der Waals surface area (Å²) >= 11 is 0. The van der Waals surface area contributed by atoms with Crippen molar-refractivity contribution in [3.8, 4) is 0 Å². The molecule has 0 aromatic heterocycles. The molecule has 1 aromatic rings. The zero-order valence-electron chi connectivity index (χ0n) is 10.0. The van der Waals surface area contributed by atoms with Gasteiger partial charge in [-0.25, -0.2) is 4.39 Å². The Morgan fingerprint density at radius 2 is 2.00 bits per heavy atom. The molecular formula is C13H19FO3. The van der Waals surface area contributed by atoms with Crippen LogP contribution in [0.2, 0.25) is 0 Å². The minimum Gasteiger partial charge on any atom is -0.395 e. The summed E-state index contributed by atoms with van der Waals surface area (Å²) in [5.41, 5.74) is -0.167. The number of aliphatic hydroxyl groups is 2. The topological polar surface area (TPSA) is 49.7 Å². The van der Waals surface area contributed by atoms with Crippen molar-refractivity contribution in [2.75, 3.05) is 26.9 Å². The van der Waals surface area contributed by atoms with E-state index < -0.39 is 5.41 Å². The molecule has 0 atom stereocenters. The van der Waals surface area contributed by atoms with Crippen LogP contribution in [0, 0.1) is 5.82 Å². The van der Waals surface area contributed by atoms with Crippen molar-refractivity contribution in [3.63, 3.8) is 0 Å². The van der Waals surface area contributed by atoms with Crippen molar-refractivity contribution in [1.29, 1.82) is 0 Å². The van der Waals surface area contributed by atoms with Gasteiger partial charge in [0.15, 0.2) is 0 Å². The van der Waals surface area contributed by atoms with Crippen molar-refractivity contribution in [2.45, 2.75) is 18.3 Å². The Bertz CT molecular complexity index is 337. The number of aliphatic hydroxyl groups excluding tert-OH is 2. The van der Waals surface area contributed by atoms with Gasteiger partial charge in [-0.15, -0.1) is 0 Å². The molecule has 0 aliphatic carbocycles. The summed E-state index contributed by atoms with van der Waals surface area (Å²) < 4.78 is 18.1. The molecule has 2 N–H and O–H groups in total. The largest absolute Gasteiger partial charge is 0.395 e. The number of halogens is 1. The summed E-state index contributed by atoms with van der Waals surface area (Å²) in [5, 5.41) is 19.0. The predicted octanol–water partition coefficient (Wildman–Crippen LogP) is 1.47. The fourth-order valence-electron chi connectivity index (χ4n) is 1.91. The van der Waals surface area contributed by atoms with Gasteiger partial charge in [0, 0.05) is 19.1 Å². The van der Waals surface area contributed by atoms with Crippen molar-refractivity contribution < 1.29 is 19.3 Å². The van der Waals surface area contributed by atoms with Gasteiger partial charge in [-0.3, -0.25) is 0 Å². The van der Waals surface area contributed by atoms with E-state index in [-0.39, 0.29) is 19.0 Å². The highest BCUT2D eigenvalue weighted by Gasteiger charge is 2.30. The Hall–Kier alpha value is -0.970. The quantitative estimate of drug-likeness (QED) is 0.712. The van der Waals surface area contributed by atoms with E-state index in [2.05, 4.69) is 0 Å². The lowest BCUT2D eigenvalue weighted by Crippen LogP contribution is -2.35. The van der Waals surface area contributed by atoms with Gasteiger partial charge in [0.1, 0.15) is 5.82 Å². The standard InChI is InChI=1S/C13H19FO3/c1-17-7-3-6-13(9-15,10-16)11-4-2-5-12(14)8-11/h2,4-5,8,15-16H,3,6-7,9-10H2,1H3. The molecule has 0 radical (unpaired) electrons. The number of benzene rings is 1.